The van der Waals surface area contributed by atoms with Gasteiger partial charge >= 0.3 is 0 Å². The first kappa shape index (κ1) is 17.8. The van der Waals surface area contributed by atoms with Gasteiger partial charge in [-0.25, -0.2) is 8.42 Å². The molecule has 128 valence electrons. The maximum atomic E-state index is 12.0. The number of rotatable bonds is 7. The molecule has 1 N–H and O–H groups in total. The molecular formula is C17H26N2O3S. The highest BCUT2D eigenvalue weighted by Gasteiger charge is 2.27. The number of benzene rings is 1. The molecule has 23 heavy (non-hydrogen) atoms. The van der Waals surface area contributed by atoms with Gasteiger partial charge in [0.2, 0.25) is 5.91 Å². The number of carbonyl (C=O) groups is 1. The number of nitrogens with zero attached hydrogens (tertiary/aromatic N) is 1. The molecule has 1 aliphatic rings. The first-order chi connectivity index (χ1) is 10.9. The molecule has 5 nitrogen and oxygen atoms in total. The Bertz CT molecular complexity index is 622. The van der Waals surface area contributed by atoms with Gasteiger partial charge in [0.25, 0.3) is 0 Å². The minimum absolute atomic E-state index is 0.0510. The zero-order valence-electron chi connectivity index (χ0n) is 13.9. The number of sulfone groups is 1. The van der Waals surface area contributed by atoms with Crippen molar-refractivity contribution in [3.63, 3.8) is 0 Å². The van der Waals surface area contributed by atoms with Crippen molar-refractivity contribution in [1.29, 1.82) is 0 Å². The Balaban J connectivity index is 1.81. The van der Waals surface area contributed by atoms with Crippen LogP contribution in [0.3, 0.4) is 0 Å². The molecule has 1 amide bonds. The number of hydrogen-bond donors (Lipinski definition) is 1. The van der Waals surface area contributed by atoms with Gasteiger partial charge in [-0.3, -0.25) is 4.79 Å². The van der Waals surface area contributed by atoms with Gasteiger partial charge in [-0.05, 0) is 56.9 Å². The van der Waals surface area contributed by atoms with Gasteiger partial charge < -0.3 is 10.2 Å². The van der Waals surface area contributed by atoms with Gasteiger partial charge in [0.05, 0.1) is 11.5 Å². The van der Waals surface area contributed by atoms with E-state index in [2.05, 4.69) is 24.1 Å². The summed E-state index contributed by atoms with van der Waals surface area (Å²) in [5.41, 5.74) is 1.93. The lowest BCUT2D eigenvalue weighted by Gasteiger charge is -2.21. The third-order valence-electron chi connectivity index (χ3n) is 4.39. The zero-order valence-corrected chi connectivity index (χ0v) is 14.7. The van der Waals surface area contributed by atoms with Crippen molar-refractivity contribution in [1.82, 2.24) is 0 Å². The van der Waals surface area contributed by atoms with Crippen LogP contribution >= 0.6 is 0 Å². The second-order valence-electron chi connectivity index (χ2n) is 6.08. The van der Waals surface area contributed by atoms with E-state index < -0.39 is 9.84 Å². The lowest BCUT2D eigenvalue weighted by molar-refractivity contribution is -0.116. The second-order valence-corrected chi connectivity index (χ2v) is 8.30. The molecule has 1 fully saturated rings. The molecule has 1 unspecified atom stereocenters. The first-order valence-corrected chi connectivity index (χ1v) is 10.1. The molecule has 1 atom stereocenters. The maximum absolute atomic E-state index is 12.0. The van der Waals surface area contributed by atoms with E-state index in [0.717, 1.165) is 24.5 Å². The molecule has 1 saturated heterocycles. The lowest BCUT2D eigenvalue weighted by atomic mass is 10.0. The van der Waals surface area contributed by atoms with E-state index in [-0.39, 0.29) is 23.3 Å². The molecule has 6 heteroatoms. The summed E-state index contributed by atoms with van der Waals surface area (Å²) >= 11 is 0. The molecule has 0 spiro atoms. The minimum Gasteiger partial charge on any atom is -0.372 e. The molecule has 0 aliphatic carbocycles. The van der Waals surface area contributed by atoms with Gasteiger partial charge in [-0.2, -0.15) is 0 Å². The van der Waals surface area contributed by atoms with E-state index in [1.165, 1.54) is 0 Å². The summed E-state index contributed by atoms with van der Waals surface area (Å²) in [5.74, 6) is 0.589. The Morgan fingerprint density at radius 2 is 1.87 bits per heavy atom. The van der Waals surface area contributed by atoms with Crippen LogP contribution in [0, 0.1) is 5.92 Å². The van der Waals surface area contributed by atoms with E-state index in [4.69, 9.17) is 0 Å². The second kappa shape index (κ2) is 7.81. The summed E-state index contributed by atoms with van der Waals surface area (Å²) in [6.45, 7) is 6.13. The highest BCUT2D eigenvalue weighted by atomic mass is 32.2. The van der Waals surface area contributed by atoms with E-state index in [1.54, 1.807) is 0 Å². The van der Waals surface area contributed by atoms with Crippen LogP contribution in [0.2, 0.25) is 0 Å². The summed E-state index contributed by atoms with van der Waals surface area (Å²) in [6.07, 6.45) is 1.70. The van der Waals surface area contributed by atoms with Crippen LogP contribution in [0.5, 0.6) is 0 Å². The largest absolute Gasteiger partial charge is 0.372 e. The van der Waals surface area contributed by atoms with E-state index in [0.29, 0.717) is 19.3 Å². The minimum atomic E-state index is -2.86. The van der Waals surface area contributed by atoms with Crippen LogP contribution in [0.4, 0.5) is 11.4 Å². The van der Waals surface area contributed by atoms with E-state index in [1.807, 2.05) is 24.3 Å². The van der Waals surface area contributed by atoms with Gasteiger partial charge in [0, 0.05) is 30.9 Å². The fraction of sp³-hybridized carbons (Fsp3) is 0.588. The van der Waals surface area contributed by atoms with Crippen LogP contribution in [0.15, 0.2) is 24.3 Å². The number of nitrogens with one attached hydrogen (secondary N) is 1. The Labute approximate surface area is 139 Å². The Morgan fingerprint density at radius 3 is 2.39 bits per heavy atom. The topological polar surface area (TPSA) is 66.5 Å². The van der Waals surface area contributed by atoms with Crippen molar-refractivity contribution < 1.29 is 13.2 Å². The molecule has 1 aliphatic heterocycles. The Hall–Kier alpha value is -1.56. The van der Waals surface area contributed by atoms with Gasteiger partial charge in [-0.15, -0.1) is 0 Å². The predicted octanol–water partition coefficient (Wildman–Crippen LogP) is 2.69. The highest BCUT2D eigenvalue weighted by molar-refractivity contribution is 7.91. The maximum Gasteiger partial charge on any atom is 0.224 e. The van der Waals surface area contributed by atoms with Crippen LogP contribution < -0.4 is 10.2 Å². The molecule has 0 aromatic heterocycles. The third-order valence-corrected chi connectivity index (χ3v) is 6.22. The van der Waals surface area contributed by atoms with Crippen molar-refractivity contribution in [3.8, 4) is 0 Å². The summed E-state index contributed by atoms with van der Waals surface area (Å²) < 4.78 is 22.8. The fourth-order valence-corrected chi connectivity index (χ4v) is 4.91. The lowest BCUT2D eigenvalue weighted by Crippen LogP contribution is -2.21. The van der Waals surface area contributed by atoms with Crippen LogP contribution in [0.1, 0.15) is 33.1 Å². The van der Waals surface area contributed by atoms with Gasteiger partial charge in [0.1, 0.15) is 0 Å². The SMILES string of the molecule is CCN(CC)c1ccc(NC(=O)CCC2CCS(=O)(=O)C2)cc1. The zero-order chi connectivity index (χ0) is 16.9. The average molecular weight is 338 g/mol. The summed E-state index contributed by atoms with van der Waals surface area (Å²) in [6, 6.07) is 7.83. The summed E-state index contributed by atoms with van der Waals surface area (Å²) in [5, 5.41) is 2.88. The van der Waals surface area contributed by atoms with E-state index >= 15 is 0 Å². The number of carbonyl (C=O) groups excluding carboxylic acids is 1. The number of anilines is 2. The Morgan fingerprint density at radius 1 is 1.22 bits per heavy atom. The van der Waals surface area contributed by atoms with Gasteiger partial charge in [-0.1, -0.05) is 0 Å². The molecule has 0 saturated carbocycles. The molecule has 0 radical (unpaired) electrons. The predicted molar refractivity (Wildman–Crippen MR) is 94.6 cm³/mol. The summed E-state index contributed by atoms with van der Waals surface area (Å²) in [4.78, 5) is 14.2. The Kier molecular flexibility index (Phi) is 6.04. The van der Waals surface area contributed by atoms with Gasteiger partial charge in [0.15, 0.2) is 9.84 Å². The standard InChI is InChI=1S/C17H26N2O3S/c1-3-19(4-2)16-8-6-15(7-9-16)18-17(20)10-5-14-11-12-23(21,22)13-14/h6-9,14H,3-5,10-13H2,1-2H3,(H,18,20). The van der Waals surface area contributed by atoms with Crippen molar-refractivity contribution >= 4 is 27.1 Å². The normalized spacial score (nSPS) is 19.5. The van der Waals surface area contributed by atoms with Crippen LogP contribution in [-0.2, 0) is 14.6 Å². The van der Waals surface area contributed by atoms with Crippen LogP contribution in [-0.4, -0.2) is 38.9 Å². The molecule has 1 aromatic rings. The highest BCUT2D eigenvalue weighted by Crippen LogP contribution is 2.23. The van der Waals surface area contributed by atoms with E-state index in [9.17, 15) is 13.2 Å². The molecule has 0 bridgehead atoms. The summed E-state index contributed by atoms with van der Waals surface area (Å²) in [7, 11) is -2.86. The van der Waals surface area contributed by atoms with Crippen molar-refractivity contribution in [2.24, 2.45) is 5.92 Å². The first-order valence-electron chi connectivity index (χ1n) is 8.28. The van der Waals surface area contributed by atoms with Crippen molar-refractivity contribution in [3.05, 3.63) is 24.3 Å². The quantitative estimate of drug-likeness (QED) is 0.830. The fourth-order valence-electron chi connectivity index (χ4n) is 3.00. The molecule has 1 heterocycles. The monoisotopic (exact) mass is 338 g/mol. The molecule has 1 aromatic carbocycles. The van der Waals surface area contributed by atoms with Crippen molar-refractivity contribution in [2.75, 3.05) is 34.8 Å². The third kappa shape index (κ3) is 5.23. The smallest absolute Gasteiger partial charge is 0.224 e. The van der Waals surface area contributed by atoms with Crippen molar-refractivity contribution in [2.45, 2.75) is 33.1 Å². The molecular weight excluding hydrogens is 312 g/mol. The van der Waals surface area contributed by atoms with Crippen LogP contribution in [0.25, 0.3) is 0 Å². The number of amides is 1. The average Bonchev–Trinajstić information content (AvgIpc) is 2.87. The molecule has 2 rings (SSSR count). The number of hydrogen-bond acceptors (Lipinski definition) is 4.